The van der Waals surface area contributed by atoms with Gasteiger partial charge < -0.3 is 5.32 Å². The highest BCUT2D eigenvalue weighted by Gasteiger charge is 2.24. The first kappa shape index (κ1) is 12.6. The van der Waals surface area contributed by atoms with Crippen molar-refractivity contribution in [2.45, 2.75) is 19.9 Å². The zero-order valence-electron chi connectivity index (χ0n) is 10.9. The number of thioether (sulfide) groups is 1. The molecule has 2 rings (SSSR count). The Kier molecular flexibility index (Phi) is 3.89. The summed E-state index contributed by atoms with van der Waals surface area (Å²) in [5.41, 5.74) is 2.21. The monoisotopic (exact) mass is 252 g/mol. The predicted molar refractivity (Wildman–Crippen MR) is 73.7 cm³/mol. The van der Waals surface area contributed by atoms with Crippen LogP contribution in [0.3, 0.4) is 0 Å². The molecule has 1 saturated heterocycles. The Morgan fingerprint density at radius 3 is 2.76 bits per heavy atom. The van der Waals surface area contributed by atoms with Gasteiger partial charge in [0.15, 0.2) is 0 Å². The van der Waals surface area contributed by atoms with Gasteiger partial charge in [-0.25, -0.2) is 9.97 Å². The fourth-order valence-corrected chi connectivity index (χ4v) is 3.21. The summed E-state index contributed by atoms with van der Waals surface area (Å²) in [6, 6.07) is 0.347. The van der Waals surface area contributed by atoms with Gasteiger partial charge in [-0.1, -0.05) is 0 Å². The van der Waals surface area contributed by atoms with Gasteiger partial charge in [-0.05, 0) is 20.9 Å². The van der Waals surface area contributed by atoms with Gasteiger partial charge in [0.1, 0.15) is 11.6 Å². The van der Waals surface area contributed by atoms with E-state index in [9.17, 15) is 0 Å². The molecule has 1 N–H and O–H groups in total. The highest BCUT2D eigenvalue weighted by atomic mass is 32.2. The maximum absolute atomic E-state index is 4.65. The smallest absolute Gasteiger partial charge is 0.148 e. The third-order valence-corrected chi connectivity index (χ3v) is 4.36. The number of hydrogen-bond donors (Lipinski definition) is 1. The Morgan fingerprint density at radius 2 is 2.12 bits per heavy atom. The quantitative estimate of drug-likeness (QED) is 0.870. The number of nitrogens with one attached hydrogen (secondary N) is 1. The summed E-state index contributed by atoms with van der Waals surface area (Å²) in [6.07, 6.45) is 0. The van der Waals surface area contributed by atoms with Crippen molar-refractivity contribution in [2.75, 3.05) is 37.5 Å². The lowest BCUT2D eigenvalue weighted by Crippen LogP contribution is -2.34. The largest absolute Gasteiger partial charge is 0.373 e. The van der Waals surface area contributed by atoms with Crippen LogP contribution in [-0.2, 0) is 0 Å². The van der Waals surface area contributed by atoms with E-state index < -0.39 is 0 Å². The van der Waals surface area contributed by atoms with Crippen LogP contribution in [0.15, 0.2) is 0 Å². The third kappa shape index (κ3) is 2.55. The Labute approximate surface area is 107 Å². The lowest BCUT2D eigenvalue weighted by atomic mass is 10.2. The zero-order chi connectivity index (χ0) is 12.4. The van der Waals surface area contributed by atoms with Gasteiger partial charge in [0.2, 0.25) is 0 Å². The lowest BCUT2D eigenvalue weighted by molar-refractivity contribution is 0.264. The van der Waals surface area contributed by atoms with Crippen LogP contribution in [0.2, 0.25) is 0 Å². The van der Waals surface area contributed by atoms with Crippen molar-refractivity contribution in [1.29, 1.82) is 0 Å². The molecule has 94 valence electrons. The maximum atomic E-state index is 4.65. The number of nitrogens with zero attached hydrogens (tertiary/aromatic N) is 3. The molecule has 0 amide bonds. The van der Waals surface area contributed by atoms with E-state index in [0.29, 0.717) is 6.04 Å². The highest BCUT2D eigenvalue weighted by molar-refractivity contribution is 7.99. The van der Waals surface area contributed by atoms with E-state index in [1.54, 1.807) is 0 Å². The van der Waals surface area contributed by atoms with Crippen LogP contribution >= 0.6 is 11.8 Å². The van der Waals surface area contributed by atoms with Gasteiger partial charge in [-0.3, -0.25) is 4.90 Å². The van der Waals surface area contributed by atoms with Crippen molar-refractivity contribution in [1.82, 2.24) is 14.9 Å². The third-order valence-electron chi connectivity index (χ3n) is 3.34. The van der Waals surface area contributed by atoms with Crippen molar-refractivity contribution in [3.8, 4) is 0 Å². The summed E-state index contributed by atoms with van der Waals surface area (Å²) in [5, 5.41) is 3.15. The topological polar surface area (TPSA) is 41.1 Å². The van der Waals surface area contributed by atoms with E-state index in [4.69, 9.17) is 0 Å². The fourth-order valence-electron chi connectivity index (χ4n) is 2.00. The molecule has 1 unspecified atom stereocenters. The molecule has 1 aromatic heterocycles. The van der Waals surface area contributed by atoms with Crippen molar-refractivity contribution in [3.05, 3.63) is 17.1 Å². The van der Waals surface area contributed by atoms with Crippen molar-refractivity contribution in [3.63, 3.8) is 0 Å². The molecule has 0 saturated carbocycles. The molecule has 0 bridgehead atoms. The zero-order valence-corrected chi connectivity index (χ0v) is 11.8. The molecule has 1 atom stereocenters. The van der Waals surface area contributed by atoms with Gasteiger partial charge in [0.25, 0.3) is 0 Å². The van der Waals surface area contributed by atoms with Crippen LogP contribution in [0.4, 0.5) is 5.82 Å². The summed E-state index contributed by atoms with van der Waals surface area (Å²) in [7, 11) is 4.07. The van der Waals surface area contributed by atoms with Crippen LogP contribution in [0, 0.1) is 13.8 Å². The van der Waals surface area contributed by atoms with Gasteiger partial charge in [0, 0.05) is 36.4 Å². The first-order valence-electron chi connectivity index (χ1n) is 5.94. The SMILES string of the molecule is CNc1nc(C2CSCCN2C)nc(C)c1C. The first-order chi connectivity index (χ1) is 8.13. The second-order valence-corrected chi connectivity index (χ2v) is 5.61. The van der Waals surface area contributed by atoms with E-state index in [1.165, 1.54) is 5.75 Å². The highest BCUT2D eigenvalue weighted by Crippen LogP contribution is 2.27. The minimum absolute atomic E-state index is 0.347. The second kappa shape index (κ2) is 5.23. The Hall–Kier alpha value is -0.810. The van der Waals surface area contributed by atoms with Gasteiger partial charge >= 0.3 is 0 Å². The maximum Gasteiger partial charge on any atom is 0.148 e. The fraction of sp³-hybridized carbons (Fsp3) is 0.667. The van der Waals surface area contributed by atoms with Crippen LogP contribution in [0.25, 0.3) is 0 Å². The molecule has 0 aromatic carbocycles. The van der Waals surface area contributed by atoms with Crippen LogP contribution < -0.4 is 5.32 Å². The van der Waals surface area contributed by atoms with E-state index in [0.717, 1.165) is 35.2 Å². The molecule has 0 radical (unpaired) electrons. The summed E-state index contributed by atoms with van der Waals surface area (Å²) >= 11 is 1.98. The molecule has 1 aliphatic rings. The number of aryl methyl sites for hydroxylation is 1. The molecule has 17 heavy (non-hydrogen) atoms. The van der Waals surface area contributed by atoms with Gasteiger partial charge in [-0.2, -0.15) is 11.8 Å². The molecule has 5 heteroatoms. The second-order valence-electron chi connectivity index (χ2n) is 4.46. The number of rotatable bonds is 2. The Balaban J connectivity index is 2.34. The molecule has 0 aliphatic carbocycles. The molecule has 0 spiro atoms. The van der Waals surface area contributed by atoms with Crippen LogP contribution in [-0.4, -0.2) is 47.0 Å². The standard InChI is InChI=1S/C12H20N4S/c1-8-9(2)14-12(15-11(8)13-3)10-7-17-6-5-16(10)4/h10H,5-7H2,1-4H3,(H,13,14,15). The molecule has 4 nitrogen and oxygen atoms in total. The number of aromatic nitrogens is 2. The van der Waals surface area contributed by atoms with E-state index >= 15 is 0 Å². The van der Waals surface area contributed by atoms with Crippen LogP contribution in [0.1, 0.15) is 23.1 Å². The number of hydrogen-bond acceptors (Lipinski definition) is 5. The lowest BCUT2D eigenvalue weighted by Gasteiger charge is -2.31. The van der Waals surface area contributed by atoms with Crippen LogP contribution in [0.5, 0.6) is 0 Å². The van der Waals surface area contributed by atoms with E-state index in [1.807, 2.05) is 18.8 Å². The Morgan fingerprint density at radius 1 is 1.35 bits per heavy atom. The molecule has 1 aromatic rings. The summed E-state index contributed by atoms with van der Waals surface area (Å²) < 4.78 is 0. The van der Waals surface area contributed by atoms with Crippen molar-refractivity contribution in [2.24, 2.45) is 0 Å². The van der Waals surface area contributed by atoms with Crippen molar-refractivity contribution < 1.29 is 0 Å². The van der Waals surface area contributed by atoms with E-state index in [2.05, 4.69) is 41.1 Å². The minimum atomic E-state index is 0.347. The Bertz CT molecular complexity index is 408. The number of anilines is 1. The normalized spacial score (nSPS) is 21.5. The molecular weight excluding hydrogens is 232 g/mol. The van der Waals surface area contributed by atoms with E-state index in [-0.39, 0.29) is 0 Å². The predicted octanol–water partition coefficient (Wildman–Crippen LogP) is 1.85. The molecule has 1 aliphatic heterocycles. The average molecular weight is 252 g/mol. The van der Waals surface area contributed by atoms with Crippen molar-refractivity contribution >= 4 is 17.6 Å². The first-order valence-corrected chi connectivity index (χ1v) is 7.10. The summed E-state index contributed by atoms with van der Waals surface area (Å²) in [5.74, 6) is 4.20. The minimum Gasteiger partial charge on any atom is -0.373 e. The summed E-state index contributed by atoms with van der Waals surface area (Å²) in [4.78, 5) is 11.6. The summed E-state index contributed by atoms with van der Waals surface area (Å²) in [6.45, 7) is 5.22. The van der Waals surface area contributed by atoms with Gasteiger partial charge in [0.05, 0.1) is 6.04 Å². The molecular formula is C12H20N4S. The van der Waals surface area contributed by atoms with Gasteiger partial charge in [-0.15, -0.1) is 0 Å². The molecule has 1 fully saturated rings. The average Bonchev–Trinajstić information content (AvgIpc) is 2.33. The molecule has 2 heterocycles.